The van der Waals surface area contributed by atoms with Gasteiger partial charge in [0.1, 0.15) is 0 Å². The lowest BCUT2D eigenvalue weighted by molar-refractivity contribution is 0.0691. The Balaban J connectivity index is 1.90. The molecule has 0 saturated carbocycles. The Bertz CT molecular complexity index is 614. The Labute approximate surface area is 110 Å². The zero-order valence-electron chi connectivity index (χ0n) is 10.8. The Morgan fingerprint density at radius 1 is 1.37 bits per heavy atom. The van der Waals surface area contributed by atoms with Crippen LogP contribution in [0.5, 0.6) is 0 Å². The molecule has 1 saturated heterocycles. The van der Waals surface area contributed by atoms with Gasteiger partial charge in [0.15, 0.2) is 11.3 Å². The minimum atomic E-state index is -1.02. The topological polar surface area (TPSA) is 70.7 Å². The van der Waals surface area contributed by atoms with Crippen LogP contribution in [0.3, 0.4) is 0 Å². The molecule has 0 bridgehead atoms. The van der Waals surface area contributed by atoms with Gasteiger partial charge in [-0.25, -0.2) is 14.3 Å². The zero-order chi connectivity index (χ0) is 13.4. The third-order valence-electron chi connectivity index (χ3n) is 3.70. The molecule has 0 aromatic carbocycles. The van der Waals surface area contributed by atoms with Crippen LogP contribution in [-0.2, 0) is 0 Å². The van der Waals surface area contributed by atoms with Gasteiger partial charge < -0.3 is 10.0 Å². The number of aromatic carboxylic acids is 1. The highest BCUT2D eigenvalue weighted by Gasteiger charge is 2.20. The monoisotopic (exact) mass is 260 g/mol. The maximum absolute atomic E-state index is 10.9. The lowest BCUT2D eigenvalue weighted by Crippen LogP contribution is -2.29. The van der Waals surface area contributed by atoms with E-state index in [1.165, 1.54) is 6.20 Å². The molecule has 2 aromatic heterocycles. The summed E-state index contributed by atoms with van der Waals surface area (Å²) in [5.74, 6) is -0.567. The minimum absolute atomic E-state index is 0.0352. The number of nitrogens with zero attached hydrogens (tertiary/aromatic N) is 4. The maximum atomic E-state index is 10.9. The predicted molar refractivity (Wildman–Crippen MR) is 69.4 cm³/mol. The molecule has 0 atom stereocenters. The van der Waals surface area contributed by atoms with Gasteiger partial charge in [0.25, 0.3) is 0 Å². The van der Waals surface area contributed by atoms with E-state index in [2.05, 4.69) is 22.0 Å². The first-order valence-corrected chi connectivity index (χ1v) is 6.41. The van der Waals surface area contributed by atoms with Crippen molar-refractivity contribution in [2.24, 2.45) is 0 Å². The van der Waals surface area contributed by atoms with Gasteiger partial charge in [-0.15, -0.1) is 0 Å². The van der Waals surface area contributed by atoms with Crippen LogP contribution in [0.1, 0.15) is 34.9 Å². The van der Waals surface area contributed by atoms with Crippen LogP contribution in [-0.4, -0.2) is 50.7 Å². The normalized spacial score (nSPS) is 17.9. The fraction of sp³-hybridized carbons (Fsp3) is 0.462. The predicted octanol–water partition coefficient (Wildman–Crippen LogP) is 1.24. The lowest BCUT2D eigenvalue weighted by Gasteiger charge is -2.28. The molecule has 1 aliphatic rings. The van der Waals surface area contributed by atoms with Crippen molar-refractivity contribution in [3.63, 3.8) is 0 Å². The number of fused-ring (bicyclic) bond motifs is 1. The average molecular weight is 260 g/mol. The second kappa shape index (κ2) is 4.62. The molecule has 0 radical (unpaired) electrons. The van der Waals surface area contributed by atoms with Gasteiger partial charge in [0.2, 0.25) is 0 Å². The Morgan fingerprint density at radius 3 is 2.79 bits per heavy atom. The van der Waals surface area contributed by atoms with Crippen molar-refractivity contribution in [2.75, 3.05) is 20.1 Å². The fourth-order valence-corrected chi connectivity index (χ4v) is 2.52. The second-order valence-electron chi connectivity index (χ2n) is 5.07. The summed E-state index contributed by atoms with van der Waals surface area (Å²) in [6.45, 7) is 2.16. The standard InChI is InChI=1S/C13H16N4O2/c1-16-6-4-9(5-7-16)10-2-3-12-14-11(13(18)19)8-17(12)15-10/h2-3,8-9H,4-7H2,1H3,(H,18,19). The molecule has 6 nitrogen and oxygen atoms in total. The Hall–Kier alpha value is -1.95. The second-order valence-corrected chi connectivity index (χ2v) is 5.07. The largest absolute Gasteiger partial charge is 0.476 e. The van der Waals surface area contributed by atoms with Crippen molar-refractivity contribution >= 4 is 11.6 Å². The van der Waals surface area contributed by atoms with Crippen molar-refractivity contribution in [2.45, 2.75) is 18.8 Å². The highest BCUT2D eigenvalue weighted by Crippen LogP contribution is 2.25. The third-order valence-corrected chi connectivity index (χ3v) is 3.70. The van der Waals surface area contributed by atoms with Crippen molar-refractivity contribution in [1.82, 2.24) is 19.5 Å². The number of piperidine rings is 1. The highest BCUT2D eigenvalue weighted by atomic mass is 16.4. The summed E-state index contributed by atoms with van der Waals surface area (Å²) in [4.78, 5) is 17.2. The van der Waals surface area contributed by atoms with Crippen molar-refractivity contribution in [3.8, 4) is 0 Å². The molecule has 2 aromatic rings. The molecule has 0 aliphatic carbocycles. The summed E-state index contributed by atoms with van der Waals surface area (Å²) >= 11 is 0. The van der Waals surface area contributed by atoms with E-state index >= 15 is 0 Å². The number of hydrogen-bond acceptors (Lipinski definition) is 4. The van der Waals surface area contributed by atoms with Crippen LogP contribution in [0.4, 0.5) is 0 Å². The van der Waals surface area contributed by atoms with Gasteiger partial charge in [-0.3, -0.25) is 0 Å². The van der Waals surface area contributed by atoms with Crippen molar-refractivity contribution < 1.29 is 9.90 Å². The molecule has 19 heavy (non-hydrogen) atoms. The van der Waals surface area contributed by atoms with E-state index in [9.17, 15) is 4.79 Å². The number of likely N-dealkylation sites (tertiary alicyclic amines) is 1. The summed E-state index contributed by atoms with van der Waals surface area (Å²) in [5.41, 5.74) is 1.64. The van der Waals surface area contributed by atoms with Crippen LogP contribution >= 0.6 is 0 Å². The molecule has 1 fully saturated rings. The molecular weight excluding hydrogens is 244 g/mol. The molecule has 6 heteroatoms. The summed E-state index contributed by atoms with van der Waals surface area (Å²) < 4.78 is 1.57. The van der Waals surface area contributed by atoms with Crippen LogP contribution < -0.4 is 0 Å². The number of imidazole rings is 1. The third kappa shape index (κ3) is 2.31. The van der Waals surface area contributed by atoms with Crippen LogP contribution in [0.2, 0.25) is 0 Å². The van der Waals surface area contributed by atoms with Gasteiger partial charge in [0.05, 0.1) is 11.9 Å². The molecular formula is C13H16N4O2. The van der Waals surface area contributed by atoms with E-state index in [0.29, 0.717) is 11.6 Å². The van der Waals surface area contributed by atoms with E-state index in [-0.39, 0.29) is 5.69 Å². The van der Waals surface area contributed by atoms with Crippen molar-refractivity contribution in [3.05, 3.63) is 29.7 Å². The molecule has 0 amide bonds. The van der Waals surface area contributed by atoms with Crippen LogP contribution in [0.25, 0.3) is 5.65 Å². The fourth-order valence-electron chi connectivity index (χ4n) is 2.52. The average Bonchev–Trinajstić information content (AvgIpc) is 2.82. The number of carbonyl (C=O) groups is 1. The molecule has 3 rings (SSSR count). The Kier molecular flexibility index (Phi) is 2.94. The maximum Gasteiger partial charge on any atom is 0.356 e. The summed E-state index contributed by atoms with van der Waals surface area (Å²) in [5, 5.41) is 13.4. The van der Waals surface area contributed by atoms with Gasteiger partial charge >= 0.3 is 5.97 Å². The van der Waals surface area contributed by atoms with Gasteiger partial charge in [-0.2, -0.15) is 5.10 Å². The number of carboxylic acids is 1. The summed E-state index contributed by atoms with van der Waals surface area (Å²) in [6, 6.07) is 3.80. The SMILES string of the molecule is CN1CCC(c2ccc3nc(C(=O)O)cn3n2)CC1. The first-order chi connectivity index (χ1) is 9.13. The number of hydrogen-bond donors (Lipinski definition) is 1. The molecule has 0 spiro atoms. The molecule has 3 heterocycles. The molecule has 0 unspecified atom stereocenters. The van der Waals surface area contributed by atoms with E-state index in [0.717, 1.165) is 31.6 Å². The Morgan fingerprint density at radius 2 is 2.11 bits per heavy atom. The van der Waals surface area contributed by atoms with Gasteiger partial charge in [-0.05, 0) is 45.1 Å². The quantitative estimate of drug-likeness (QED) is 0.879. The first kappa shape index (κ1) is 12.1. The van der Waals surface area contributed by atoms with Crippen LogP contribution in [0.15, 0.2) is 18.3 Å². The summed E-state index contributed by atoms with van der Waals surface area (Å²) in [6.07, 6.45) is 3.65. The van der Waals surface area contributed by atoms with Gasteiger partial charge in [0, 0.05) is 5.92 Å². The van der Waals surface area contributed by atoms with Gasteiger partial charge in [-0.1, -0.05) is 0 Å². The number of rotatable bonds is 2. The van der Waals surface area contributed by atoms with Crippen molar-refractivity contribution in [1.29, 1.82) is 0 Å². The molecule has 1 aliphatic heterocycles. The van der Waals surface area contributed by atoms with E-state index in [4.69, 9.17) is 5.11 Å². The molecule has 1 N–H and O–H groups in total. The van der Waals surface area contributed by atoms with Crippen LogP contribution in [0, 0.1) is 0 Å². The smallest absolute Gasteiger partial charge is 0.356 e. The summed E-state index contributed by atoms with van der Waals surface area (Å²) in [7, 11) is 2.13. The first-order valence-electron chi connectivity index (χ1n) is 6.41. The highest BCUT2D eigenvalue weighted by molar-refractivity contribution is 5.85. The minimum Gasteiger partial charge on any atom is -0.476 e. The van der Waals surface area contributed by atoms with E-state index in [1.54, 1.807) is 4.52 Å². The zero-order valence-corrected chi connectivity index (χ0v) is 10.8. The van der Waals surface area contributed by atoms with E-state index < -0.39 is 5.97 Å². The number of carboxylic acid groups (broad SMARTS) is 1. The van der Waals surface area contributed by atoms with E-state index in [1.807, 2.05) is 12.1 Å². The molecule has 100 valence electrons. The lowest BCUT2D eigenvalue weighted by atomic mass is 9.94. The number of aromatic nitrogens is 3.